The summed E-state index contributed by atoms with van der Waals surface area (Å²) in [6, 6.07) is 4.65. The molecule has 0 bridgehead atoms. The van der Waals surface area contributed by atoms with Gasteiger partial charge in [0.25, 0.3) is 5.91 Å². The fourth-order valence-electron chi connectivity index (χ4n) is 3.69. The largest absolute Gasteiger partial charge is 0.416 e. The maximum Gasteiger partial charge on any atom is 0.416 e. The van der Waals surface area contributed by atoms with E-state index >= 15 is 0 Å². The second-order valence-corrected chi connectivity index (χ2v) is 7.90. The van der Waals surface area contributed by atoms with Crippen LogP contribution in [0.15, 0.2) is 34.0 Å². The van der Waals surface area contributed by atoms with Gasteiger partial charge in [-0.05, 0) is 54.3 Å². The molecule has 0 radical (unpaired) electrons. The van der Waals surface area contributed by atoms with Crippen LogP contribution in [0.2, 0.25) is 0 Å². The molecule has 1 aliphatic heterocycles. The van der Waals surface area contributed by atoms with Crippen LogP contribution in [-0.2, 0) is 12.7 Å². The maximum absolute atomic E-state index is 12.8. The van der Waals surface area contributed by atoms with Crippen LogP contribution in [-0.4, -0.2) is 54.9 Å². The number of anilines is 1. The van der Waals surface area contributed by atoms with Crippen molar-refractivity contribution in [2.24, 2.45) is 5.10 Å². The molecule has 1 amide bonds. The first-order valence-electron chi connectivity index (χ1n) is 10.5. The molecule has 1 unspecified atom stereocenters. The smallest absolute Gasteiger partial charge is 0.378 e. The molecule has 0 aliphatic carbocycles. The van der Waals surface area contributed by atoms with E-state index in [-0.39, 0.29) is 17.3 Å². The van der Waals surface area contributed by atoms with Gasteiger partial charge in [-0.25, -0.2) is 10.1 Å². The van der Waals surface area contributed by atoms with Crippen LogP contribution in [0.25, 0.3) is 5.82 Å². The summed E-state index contributed by atoms with van der Waals surface area (Å²) in [4.78, 5) is 15.0. The van der Waals surface area contributed by atoms with Gasteiger partial charge in [0.05, 0.1) is 17.5 Å². The lowest BCUT2D eigenvalue weighted by atomic mass is 10.0. The minimum absolute atomic E-state index is 0.00439. The number of nitrogens with zero attached hydrogens (tertiary/aromatic N) is 7. The minimum Gasteiger partial charge on any atom is -0.378 e. The van der Waals surface area contributed by atoms with Crippen molar-refractivity contribution in [1.29, 1.82) is 0 Å². The van der Waals surface area contributed by atoms with Gasteiger partial charge in [-0.2, -0.15) is 23.0 Å². The average molecular weight is 477 g/mol. The Balaban J connectivity index is 1.54. The monoisotopic (exact) mass is 477 g/mol. The fourth-order valence-corrected chi connectivity index (χ4v) is 3.69. The summed E-state index contributed by atoms with van der Waals surface area (Å²) in [6.07, 6.45) is -0.0247. The van der Waals surface area contributed by atoms with Crippen molar-refractivity contribution in [3.63, 3.8) is 0 Å². The molecule has 14 heteroatoms. The van der Waals surface area contributed by atoms with Gasteiger partial charge in [0.2, 0.25) is 11.6 Å². The van der Waals surface area contributed by atoms with E-state index < -0.39 is 17.6 Å². The molecule has 3 heterocycles. The number of nitrogen functional groups attached to an aromatic ring is 1. The van der Waals surface area contributed by atoms with Crippen LogP contribution in [0.4, 0.5) is 19.0 Å². The predicted octanol–water partition coefficient (Wildman–Crippen LogP) is 2.39. The number of carbonyl (C=O) groups is 1. The fraction of sp³-hybridized carbons (Fsp3) is 0.400. The molecule has 2 aromatic heterocycles. The van der Waals surface area contributed by atoms with E-state index in [0.29, 0.717) is 23.8 Å². The minimum atomic E-state index is -4.43. The standard InChI is InChI=1S/C20H22F3N9O2/c1-12-4-2-3-9-31(12)11-15-16(26-30-32(15)18-17(24)28-34-29-18)19(33)27-25-10-13-5-7-14(8-6-13)20(21,22)23/h5-8,10,12H,2-4,9,11H2,1H3,(H2,24,28)(H,27,33)/b25-10-. The first-order valence-corrected chi connectivity index (χ1v) is 10.5. The normalized spacial score (nSPS) is 17.4. The Labute approximate surface area is 191 Å². The van der Waals surface area contributed by atoms with E-state index in [2.05, 4.69) is 47.6 Å². The molecule has 1 atom stereocenters. The van der Waals surface area contributed by atoms with Crippen molar-refractivity contribution in [2.75, 3.05) is 12.3 Å². The SMILES string of the molecule is CC1CCCCN1Cc1c(C(=O)N/N=C\c2ccc(C(F)(F)F)cc2)nnn1-c1nonc1N. The Kier molecular flexibility index (Phi) is 6.58. The third-order valence-corrected chi connectivity index (χ3v) is 5.59. The Morgan fingerprint density at radius 2 is 2.06 bits per heavy atom. The number of carbonyl (C=O) groups excluding carboxylic acids is 1. The lowest BCUT2D eigenvalue weighted by Crippen LogP contribution is -2.38. The molecular formula is C20H22F3N9O2. The third kappa shape index (κ3) is 5.06. The van der Waals surface area contributed by atoms with Crippen LogP contribution in [0, 0.1) is 0 Å². The van der Waals surface area contributed by atoms with Gasteiger partial charge in [-0.1, -0.05) is 23.8 Å². The molecule has 11 nitrogen and oxygen atoms in total. The highest BCUT2D eigenvalue weighted by Gasteiger charge is 2.30. The van der Waals surface area contributed by atoms with Crippen LogP contribution in [0.1, 0.15) is 53.5 Å². The highest BCUT2D eigenvalue weighted by Crippen LogP contribution is 2.29. The zero-order valence-corrected chi connectivity index (χ0v) is 18.2. The van der Waals surface area contributed by atoms with Crippen molar-refractivity contribution < 1.29 is 22.6 Å². The maximum atomic E-state index is 12.8. The first-order chi connectivity index (χ1) is 16.2. The number of hydrazone groups is 1. The summed E-state index contributed by atoms with van der Waals surface area (Å²) in [5.41, 5.74) is 8.18. The zero-order valence-electron chi connectivity index (χ0n) is 18.2. The van der Waals surface area contributed by atoms with E-state index in [0.717, 1.165) is 37.9 Å². The lowest BCUT2D eigenvalue weighted by Gasteiger charge is -2.33. The van der Waals surface area contributed by atoms with Gasteiger partial charge in [-0.15, -0.1) is 5.10 Å². The average Bonchev–Trinajstić information content (AvgIpc) is 3.40. The number of hydrogen-bond acceptors (Lipinski definition) is 9. The van der Waals surface area contributed by atoms with E-state index in [4.69, 9.17) is 5.73 Å². The number of hydrogen-bond donors (Lipinski definition) is 2. The number of piperidine rings is 1. The quantitative estimate of drug-likeness (QED) is 0.407. The molecular weight excluding hydrogens is 455 g/mol. The van der Waals surface area contributed by atoms with Crippen LogP contribution >= 0.6 is 0 Å². The molecule has 1 aliphatic rings. The molecule has 180 valence electrons. The molecule has 0 spiro atoms. The molecule has 1 aromatic carbocycles. The molecule has 34 heavy (non-hydrogen) atoms. The summed E-state index contributed by atoms with van der Waals surface area (Å²) in [7, 11) is 0. The molecule has 0 saturated carbocycles. The number of rotatable bonds is 6. The molecule has 4 rings (SSSR count). The Morgan fingerprint density at radius 3 is 2.71 bits per heavy atom. The van der Waals surface area contributed by atoms with Gasteiger partial charge >= 0.3 is 6.18 Å². The molecule has 3 N–H and O–H groups in total. The zero-order chi connectivity index (χ0) is 24.3. The van der Waals surface area contributed by atoms with Crippen molar-refractivity contribution in [1.82, 2.24) is 35.6 Å². The van der Waals surface area contributed by atoms with E-state index in [1.54, 1.807) is 0 Å². The summed E-state index contributed by atoms with van der Waals surface area (Å²) < 4.78 is 44.0. The van der Waals surface area contributed by atoms with Gasteiger partial charge in [-0.3, -0.25) is 9.69 Å². The third-order valence-electron chi connectivity index (χ3n) is 5.59. The summed E-state index contributed by atoms with van der Waals surface area (Å²) in [5, 5.41) is 19.1. The second-order valence-electron chi connectivity index (χ2n) is 7.90. The van der Waals surface area contributed by atoms with Crippen molar-refractivity contribution in [3.8, 4) is 5.82 Å². The van der Waals surface area contributed by atoms with Gasteiger partial charge in [0.1, 0.15) is 0 Å². The van der Waals surface area contributed by atoms with E-state index in [1.807, 2.05) is 0 Å². The number of alkyl halides is 3. The van der Waals surface area contributed by atoms with E-state index in [1.165, 1.54) is 23.0 Å². The molecule has 1 saturated heterocycles. The summed E-state index contributed by atoms with van der Waals surface area (Å²) in [5.74, 6) is -0.548. The Morgan fingerprint density at radius 1 is 1.29 bits per heavy atom. The van der Waals surface area contributed by atoms with Gasteiger partial charge in [0, 0.05) is 12.6 Å². The van der Waals surface area contributed by atoms with Gasteiger partial charge in [0.15, 0.2) is 5.69 Å². The van der Waals surface area contributed by atoms with Gasteiger partial charge < -0.3 is 5.73 Å². The highest BCUT2D eigenvalue weighted by molar-refractivity contribution is 5.94. The Bertz CT molecular complexity index is 1170. The van der Waals surface area contributed by atoms with E-state index in [9.17, 15) is 18.0 Å². The number of benzene rings is 1. The number of nitrogens with two attached hydrogens (primary N) is 1. The van der Waals surface area contributed by atoms with Crippen molar-refractivity contribution in [3.05, 3.63) is 46.8 Å². The number of likely N-dealkylation sites (tertiary alicyclic amines) is 1. The Hall–Kier alpha value is -3.81. The number of nitrogens with one attached hydrogen (secondary N) is 1. The van der Waals surface area contributed by atoms with Crippen LogP contribution in [0.5, 0.6) is 0 Å². The summed E-state index contributed by atoms with van der Waals surface area (Å²) >= 11 is 0. The molecule has 1 fully saturated rings. The molecule has 3 aromatic rings. The summed E-state index contributed by atoms with van der Waals surface area (Å²) in [6.45, 7) is 3.30. The topological polar surface area (TPSA) is 140 Å². The number of aromatic nitrogens is 5. The number of halogens is 3. The lowest BCUT2D eigenvalue weighted by molar-refractivity contribution is -0.137. The predicted molar refractivity (Wildman–Crippen MR) is 114 cm³/mol. The first kappa shape index (κ1) is 23.4. The second kappa shape index (κ2) is 9.59. The highest BCUT2D eigenvalue weighted by atomic mass is 19.4. The van der Waals surface area contributed by atoms with Crippen LogP contribution < -0.4 is 11.2 Å². The number of amides is 1. The van der Waals surface area contributed by atoms with Crippen molar-refractivity contribution in [2.45, 2.75) is 44.9 Å². The van der Waals surface area contributed by atoms with Crippen molar-refractivity contribution >= 4 is 17.9 Å². The van der Waals surface area contributed by atoms with Crippen LogP contribution in [0.3, 0.4) is 0 Å².